The largest absolute Gasteiger partial charge is 0.454 e. The van der Waals surface area contributed by atoms with Gasteiger partial charge in [-0.05, 0) is 37.1 Å². The standard InChI is InChI=1S/C17H16O5/c1-3-4-10(2)15-12(16(18)22-17(15)19)7-11-5-6-13-14(8-11)21-9-20-13/h5-8H,3-4,9H2,1-2H3/b12-7+,15-10-. The average Bonchev–Trinajstić information content (AvgIpc) is 3.04. The summed E-state index contributed by atoms with van der Waals surface area (Å²) in [6, 6.07) is 5.36. The van der Waals surface area contributed by atoms with Gasteiger partial charge in [0, 0.05) is 0 Å². The highest BCUT2D eigenvalue weighted by molar-refractivity contribution is 6.20. The molecule has 0 aliphatic carbocycles. The molecule has 114 valence electrons. The molecule has 0 unspecified atom stereocenters. The van der Waals surface area contributed by atoms with E-state index in [9.17, 15) is 9.59 Å². The topological polar surface area (TPSA) is 61.8 Å². The van der Waals surface area contributed by atoms with Crippen LogP contribution in [0.4, 0.5) is 0 Å². The molecule has 1 aromatic carbocycles. The van der Waals surface area contributed by atoms with Gasteiger partial charge in [0.25, 0.3) is 0 Å². The molecule has 1 aromatic rings. The molecule has 0 amide bonds. The second-order valence-corrected chi connectivity index (χ2v) is 5.25. The minimum absolute atomic E-state index is 0.191. The van der Waals surface area contributed by atoms with E-state index in [0.717, 1.165) is 24.0 Å². The van der Waals surface area contributed by atoms with E-state index in [0.29, 0.717) is 22.6 Å². The maximum atomic E-state index is 11.9. The summed E-state index contributed by atoms with van der Waals surface area (Å²) in [4.78, 5) is 23.8. The van der Waals surface area contributed by atoms with Gasteiger partial charge in [-0.1, -0.05) is 25.0 Å². The molecular weight excluding hydrogens is 284 g/mol. The molecule has 3 rings (SSSR count). The summed E-state index contributed by atoms with van der Waals surface area (Å²) in [5.74, 6) is 0.129. The molecule has 0 N–H and O–H groups in total. The number of carbonyl (C=O) groups excluding carboxylic acids is 2. The fourth-order valence-electron chi connectivity index (χ4n) is 2.61. The molecule has 5 heteroatoms. The molecule has 0 atom stereocenters. The second-order valence-electron chi connectivity index (χ2n) is 5.25. The molecule has 0 spiro atoms. The van der Waals surface area contributed by atoms with Crippen molar-refractivity contribution >= 4 is 18.0 Å². The van der Waals surface area contributed by atoms with Gasteiger partial charge in [0.05, 0.1) is 11.1 Å². The summed E-state index contributed by atoms with van der Waals surface area (Å²) in [6.45, 7) is 4.07. The Labute approximate surface area is 128 Å². The number of cyclic esters (lactones) is 2. The Balaban J connectivity index is 2.02. The first-order valence-corrected chi connectivity index (χ1v) is 7.18. The number of rotatable bonds is 3. The third-order valence-electron chi connectivity index (χ3n) is 3.64. The number of esters is 2. The molecular formula is C17H16O5. The van der Waals surface area contributed by atoms with Crippen molar-refractivity contribution in [3.63, 3.8) is 0 Å². The Bertz CT molecular complexity index is 712. The summed E-state index contributed by atoms with van der Waals surface area (Å²) < 4.78 is 15.3. The predicted octanol–water partition coefficient (Wildman–Crippen LogP) is 3.00. The quantitative estimate of drug-likeness (QED) is 0.488. The zero-order valence-corrected chi connectivity index (χ0v) is 12.5. The van der Waals surface area contributed by atoms with Crippen molar-refractivity contribution in [1.29, 1.82) is 0 Å². The first-order valence-electron chi connectivity index (χ1n) is 7.18. The fourth-order valence-corrected chi connectivity index (χ4v) is 2.61. The van der Waals surface area contributed by atoms with Crippen LogP contribution in [0.15, 0.2) is 34.9 Å². The highest BCUT2D eigenvalue weighted by Gasteiger charge is 2.34. The van der Waals surface area contributed by atoms with E-state index in [1.165, 1.54) is 0 Å². The van der Waals surface area contributed by atoms with Gasteiger partial charge in [-0.25, -0.2) is 9.59 Å². The summed E-state index contributed by atoms with van der Waals surface area (Å²) >= 11 is 0. The van der Waals surface area contributed by atoms with Crippen LogP contribution >= 0.6 is 0 Å². The van der Waals surface area contributed by atoms with Gasteiger partial charge in [0.15, 0.2) is 11.5 Å². The van der Waals surface area contributed by atoms with Gasteiger partial charge < -0.3 is 14.2 Å². The van der Waals surface area contributed by atoms with E-state index in [4.69, 9.17) is 14.2 Å². The summed E-state index contributed by atoms with van der Waals surface area (Å²) in [6.07, 6.45) is 3.30. The normalized spacial score (nSPS) is 20.5. The number of allylic oxidation sites excluding steroid dienone is 1. The van der Waals surface area contributed by atoms with Crippen LogP contribution in [0.3, 0.4) is 0 Å². The Morgan fingerprint density at radius 1 is 1.18 bits per heavy atom. The Morgan fingerprint density at radius 2 is 1.95 bits per heavy atom. The number of carbonyl (C=O) groups is 2. The highest BCUT2D eigenvalue weighted by Crippen LogP contribution is 2.35. The molecule has 0 radical (unpaired) electrons. The van der Waals surface area contributed by atoms with Crippen LogP contribution in [0.5, 0.6) is 11.5 Å². The van der Waals surface area contributed by atoms with Crippen molar-refractivity contribution < 1.29 is 23.8 Å². The molecule has 22 heavy (non-hydrogen) atoms. The Hall–Kier alpha value is -2.56. The van der Waals surface area contributed by atoms with Crippen LogP contribution in [-0.4, -0.2) is 18.7 Å². The van der Waals surface area contributed by atoms with Gasteiger partial charge in [0.2, 0.25) is 6.79 Å². The predicted molar refractivity (Wildman–Crippen MR) is 79.2 cm³/mol. The van der Waals surface area contributed by atoms with Gasteiger partial charge in [-0.2, -0.15) is 0 Å². The molecule has 1 saturated heterocycles. The number of hydrogen-bond donors (Lipinski definition) is 0. The molecule has 0 bridgehead atoms. The van der Waals surface area contributed by atoms with Gasteiger partial charge in [-0.15, -0.1) is 0 Å². The summed E-state index contributed by atoms with van der Waals surface area (Å²) in [7, 11) is 0. The van der Waals surface area contributed by atoms with Crippen molar-refractivity contribution in [2.75, 3.05) is 6.79 Å². The smallest absolute Gasteiger partial charge is 0.346 e. The molecule has 2 heterocycles. The van der Waals surface area contributed by atoms with E-state index in [2.05, 4.69) is 0 Å². The number of ether oxygens (including phenoxy) is 3. The van der Waals surface area contributed by atoms with Crippen LogP contribution in [0.2, 0.25) is 0 Å². The third kappa shape index (κ3) is 2.50. The summed E-state index contributed by atoms with van der Waals surface area (Å²) in [5.41, 5.74) is 2.30. The fraction of sp³-hybridized carbons (Fsp3) is 0.294. The van der Waals surface area contributed by atoms with Crippen molar-refractivity contribution in [3.8, 4) is 11.5 Å². The molecule has 2 aliphatic rings. The van der Waals surface area contributed by atoms with E-state index in [1.54, 1.807) is 18.2 Å². The molecule has 1 fully saturated rings. The maximum absolute atomic E-state index is 11.9. The molecule has 0 aromatic heterocycles. The lowest BCUT2D eigenvalue weighted by molar-refractivity contribution is -0.149. The first kappa shape index (κ1) is 14.4. The lowest BCUT2D eigenvalue weighted by Gasteiger charge is -2.03. The van der Waals surface area contributed by atoms with Gasteiger partial charge in [0.1, 0.15) is 0 Å². The van der Waals surface area contributed by atoms with Crippen LogP contribution in [0.25, 0.3) is 6.08 Å². The van der Waals surface area contributed by atoms with E-state index >= 15 is 0 Å². The lowest BCUT2D eigenvalue weighted by Crippen LogP contribution is -1.99. The minimum Gasteiger partial charge on any atom is -0.454 e. The summed E-state index contributed by atoms with van der Waals surface area (Å²) in [5, 5.41) is 0. The second kappa shape index (κ2) is 5.67. The van der Waals surface area contributed by atoms with E-state index < -0.39 is 11.9 Å². The zero-order chi connectivity index (χ0) is 15.7. The van der Waals surface area contributed by atoms with Crippen LogP contribution in [0, 0.1) is 0 Å². The molecule has 5 nitrogen and oxygen atoms in total. The number of benzene rings is 1. The first-order chi connectivity index (χ1) is 10.6. The van der Waals surface area contributed by atoms with Crippen molar-refractivity contribution in [3.05, 3.63) is 40.5 Å². The molecule has 2 aliphatic heterocycles. The van der Waals surface area contributed by atoms with E-state index in [1.807, 2.05) is 19.9 Å². The maximum Gasteiger partial charge on any atom is 0.346 e. The lowest BCUT2D eigenvalue weighted by atomic mass is 9.98. The Kier molecular flexibility index (Phi) is 3.71. The van der Waals surface area contributed by atoms with Gasteiger partial charge in [-0.3, -0.25) is 0 Å². The zero-order valence-electron chi connectivity index (χ0n) is 12.5. The van der Waals surface area contributed by atoms with E-state index in [-0.39, 0.29) is 6.79 Å². The van der Waals surface area contributed by atoms with Crippen LogP contribution < -0.4 is 9.47 Å². The van der Waals surface area contributed by atoms with Crippen molar-refractivity contribution in [1.82, 2.24) is 0 Å². The average molecular weight is 300 g/mol. The SMILES string of the molecule is CCC/C(C)=C1\C(=O)OC(=O)\C1=C\c1ccc2c(c1)OCO2. The highest BCUT2D eigenvalue weighted by atomic mass is 16.7. The monoisotopic (exact) mass is 300 g/mol. The van der Waals surface area contributed by atoms with Crippen LogP contribution in [0.1, 0.15) is 32.3 Å². The van der Waals surface area contributed by atoms with Crippen molar-refractivity contribution in [2.45, 2.75) is 26.7 Å². The van der Waals surface area contributed by atoms with Crippen molar-refractivity contribution in [2.24, 2.45) is 0 Å². The van der Waals surface area contributed by atoms with Crippen LogP contribution in [-0.2, 0) is 14.3 Å². The Morgan fingerprint density at radius 3 is 2.73 bits per heavy atom. The number of hydrogen-bond acceptors (Lipinski definition) is 5. The minimum atomic E-state index is -0.604. The molecule has 0 saturated carbocycles. The van der Waals surface area contributed by atoms with Gasteiger partial charge >= 0.3 is 11.9 Å². The third-order valence-corrected chi connectivity index (χ3v) is 3.64. The number of fused-ring (bicyclic) bond motifs is 1.